The summed E-state index contributed by atoms with van der Waals surface area (Å²) in [6.45, 7) is 3.07. The second-order valence-electron chi connectivity index (χ2n) is 4.17. The zero-order valence-electron chi connectivity index (χ0n) is 10.9. The van der Waals surface area contributed by atoms with Gasteiger partial charge >= 0.3 is 0 Å². The minimum absolute atomic E-state index is 0.0643. The quantitative estimate of drug-likeness (QED) is 0.911. The third-order valence-corrected chi connectivity index (χ3v) is 4.34. The molecule has 0 aliphatic carbocycles. The van der Waals surface area contributed by atoms with Gasteiger partial charge in [0.15, 0.2) is 0 Å². The van der Waals surface area contributed by atoms with E-state index in [0.29, 0.717) is 18.8 Å². The van der Waals surface area contributed by atoms with E-state index in [2.05, 4.69) is 9.97 Å². The van der Waals surface area contributed by atoms with E-state index in [1.54, 1.807) is 28.7 Å². The molecule has 0 saturated carbocycles. The maximum Gasteiger partial charge on any atom is 0.273 e. The molecule has 2 aromatic heterocycles. The third-order valence-electron chi connectivity index (χ3n) is 2.54. The maximum atomic E-state index is 12.2. The van der Waals surface area contributed by atoms with Crippen LogP contribution in [-0.2, 0) is 13.0 Å². The van der Waals surface area contributed by atoms with Crippen LogP contribution in [0.15, 0.2) is 11.6 Å². The Morgan fingerprint density at radius 2 is 2.32 bits per heavy atom. The van der Waals surface area contributed by atoms with Gasteiger partial charge in [-0.05, 0) is 13.5 Å². The van der Waals surface area contributed by atoms with Crippen LogP contribution in [0, 0.1) is 6.92 Å². The van der Waals surface area contributed by atoms with Crippen molar-refractivity contribution in [3.8, 4) is 0 Å². The lowest BCUT2D eigenvalue weighted by molar-refractivity contribution is 0.0781. The predicted octanol–water partition coefficient (Wildman–Crippen LogP) is 1.68. The van der Waals surface area contributed by atoms with E-state index in [4.69, 9.17) is 5.73 Å². The van der Waals surface area contributed by atoms with Crippen molar-refractivity contribution in [2.24, 2.45) is 5.73 Å². The lowest BCUT2D eigenvalue weighted by Crippen LogP contribution is -2.26. The number of nitrogens with zero attached hydrogens (tertiary/aromatic N) is 3. The molecule has 0 unspecified atom stereocenters. The SMILES string of the molecule is Cc1ncc(CN(C)C(=O)c2csc(CCN)n2)s1. The maximum absolute atomic E-state index is 12.2. The smallest absolute Gasteiger partial charge is 0.273 e. The second-order valence-corrected chi connectivity index (χ2v) is 6.43. The van der Waals surface area contributed by atoms with Crippen LogP contribution >= 0.6 is 22.7 Å². The lowest BCUT2D eigenvalue weighted by Gasteiger charge is -2.14. The summed E-state index contributed by atoms with van der Waals surface area (Å²) in [6, 6.07) is 0. The van der Waals surface area contributed by atoms with Crippen LogP contribution in [0.4, 0.5) is 0 Å². The summed E-state index contributed by atoms with van der Waals surface area (Å²) >= 11 is 3.08. The molecule has 0 saturated heterocycles. The zero-order valence-corrected chi connectivity index (χ0v) is 12.6. The highest BCUT2D eigenvalue weighted by Crippen LogP contribution is 2.16. The van der Waals surface area contributed by atoms with E-state index < -0.39 is 0 Å². The third kappa shape index (κ3) is 3.59. The molecule has 0 spiro atoms. The number of hydrogen-bond donors (Lipinski definition) is 1. The van der Waals surface area contributed by atoms with Crippen LogP contribution in [0.3, 0.4) is 0 Å². The number of carbonyl (C=O) groups excluding carboxylic acids is 1. The van der Waals surface area contributed by atoms with Crippen molar-refractivity contribution in [2.45, 2.75) is 19.9 Å². The first-order valence-electron chi connectivity index (χ1n) is 5.91. The van der Waals surface area contributed by atoms with E-state index in [0.717, 1.165) is 21.3 Å². The Morgan fingerprint density at radius 3 is 2.95 bits per heavy atom. The van der Waals surface area contributed by atoms with E-state index in [9.17, 15) is 4.79 Å². The second kappa shape index (κ2) is 6.23. The Balaban J connectivity index is 2.01. The lowest BCUT2D eigenvalue weighted by atomic mass is 10.4. The molecule has 0 radical (unpaired) electrons. The standard InChI is InChI=1S/C12H16N4OS2/c1-8-14-5-9(19-8)6-16(2)12(17)10-7-18-11(15-10)3-4-13/h5,7H,3-4,6,13H2,1-2H3. The van der Waals surface area contributed by atoms with E-state index in [-0.39, 0.29) is 5.91 Å². The van der Waals surface area contributed by atoms with Crippen molar-refractivity contribution in [3.05, 3.63) is 32.2 Å². The molecule has 1 amide bonds. The molecule has 2 aromatic rings. The highest BCUT2D eigenvalue weighted by molar-refractivity contribution is 7.11. The van der Waals surface area contributed by atoms with Gasteiger partial charge in [0, 0.05) is 29.9 Å². The Bertz CT molecular complexity index is 564. The summed E-state index contributed by atoms with van der Waals surface area (Å²) in [5.41, 5.74) is 5.97. The predicted molar refractivity (Wildman–Crippen MR) is 77.5 cm³/mol. The summed E-state index contributed by atoms with van der Waals surface area (Å²) in [5.74, 6) is -0.0643. The van der Waals surface area contributed by atoms with Crippen LogP contribution in [-0.4, -0.2) is 34.4 Å². The van der Waals surface area contributed by atoms with E-state index in [1.807, 2.05) is 13.1 Å². The molecule has 2 heterocycles. The van der Waals surface area contributed by atoms with Gasteiger partial charge in [0.2, 0.25) is 0 Å². The molecule has 2 rings (SSSR count). The fourth-order valence-corrected chi connectivity index (χ4v) is 3.26. The van der Waals surface area contributed by atoms with Crippen molar-refractivity contribution in [3.63, 3.8) is 0 Å². The summed E-state index contributed by atoms with van der Waals surface area (Å²) in [5, 5.41) is 3.71. The zero-order chi connectivity index (χ0) is 13.8. The molecule has 102 valence electrons. The first-order chi connectivity index (χ1) is 9.10. The number of aryl methyl sites for hydroxylation is 1. The van der Waals surface area contributed by atoms with E-state index in [1.165, 1.54) is 11.3 Å². The van der Waals surface area contributed by atoms with Gasteiger partial charge in [-0.2, -0.15) is 0 Å². The molecular weight excluding hydrogens is 280 g/mol. The molecule has 0 bridgehead atoms. The Hall–Kier alpha value is -1.31. The number of rotatable bonds is 5. The molecule has 0 aromatic carbocycles. The molecule has 5 nitrogen and oxygen atoms in total. The summed E-state index contributed by atoms with van der Waals surface area (Å²) in [6.07, 6.45) is 2.53. The number of thiazole rings is 2. The van der Waals surface area contributed by atoms with Gasteiger partial charge in [-0.15, -0.1) is 22.7 Å². The van der Waals surface area contributed by atoms with Crippen molar-refractivity contribution < 1.29 is 4.79 Å². The van der Waals surface area contributed by atoms with Crippen LogP contribution in [0.2, 0.25) is 0 Å². The van der Waals surface area contributed by atoms with Gasteiger partial charge in [0.25, 0.3) is 5.91 Å². The monoisotopic (exact) mass is 296 g/mol. The average molecular weight is 296 g/mol. The Kier molecular flexibility index (Phi) is 4.62. The minimum Gasteiger partial charge on any atom is -0.335 e. The highest BCUT2D eigenvalue weighted by atomic mass is 32.1. The van der Waals surface area contributed by atoms with Gasteiger partial charge in [-0.25, -0.2) is 9.97 Å². The first kappa shape index (κ1) is 14.1. The molecule has 19 heavy (non-hydrogen) atoms. The summed E-state index contributed by atoms with van der Waals surface area (Å²) < 4.78 is 0. The largest absolute Gasteiger partial charge is 0.335 e. The molecule has 0 fully saturated rings. The molecule has 7 heteroatoms. The number of amides is 1. The Morgan fingerprint density at radius 1 is 1.53 bits per heavy atom. The number of carbonyl (C=O) groups is 1. The highest BCUT2D eigenvalue weighted by Gasteiger charge is 2.16. The van der Waals surface area contributed by atoms with Gasteiger partial charge in [0.05, 0.1) is 16.6 Å². The van der Waals surface area contributed by atoms with Gasteiger partial charge < -0.3 is 10.6 Å². The number of nitrogens with two attached hydrogens (primary N) is 1. The molecule has 0 atom stereocenters. The fourth-order valence-electron chi connectivity index (χ4n) is 1.63. The topological polar surface area (TPSA) is 72.1 Å². The van der Waals surface area contributed by atoms with Crippen LogP contribution in [0.5, 0.6) is 0 Å². The van der Waals surface area contributed by atoms with Gasteiger partial charge in [0.1, 0.15) is 5.69 Å². The van der Waals surface area contributed by atoms with Gasteiger partial charge in [-0.1, -0.05) is 0 Å². The summed E-state index contributed by atoms with van der Waals surface area (Å²) in [7, 11) is 1.78. The molecule has 2 N–H and O–H groups in total. The van der Waals surface area contributed by atoms with Crippen LogP contribution in [0.1, 0.15) is 25.4 Å². The van der Waals surface area contributed by atoms with Gasteiger partial charge in [-0.3, -0.25) is 4.79 Å². The first-order valence-corrected chi connectivity index (χ1v) is 7.61. The normalized spacial score (nSPS) is 10.7. The summed E-state index contributed by atoms with van der Waals surface area (Å²) in [4.78, 5) is 23.4. The fraction of sp³-hybridized carbons (Fsp3) is 0.417. The number of aromatic nitrogens is 2. The van der Waals surface area contributed by atoms with Crippen molar-refractivity contribution in [1.29, 1.82) is 0 Å². The molecule has 0 aliphatic rings. The van der Waals surface area contributed by atoms with Crippen molar-refractivity contribution in [2.75, 3.05) is 13.6 Å². The average Bonchev–Trinajstić information content (AvgIpc) is 2.98. The Labute approximate surface area is 120 Å². The number of hydrogen-bond acceptors (Lipinski definition) is 6. The van der Waals surface area contributed by atoms with Crippen molar-refractivity contribution >= 4 is 28.6 Å². The molecular formula is C12H16N4OS2. The van der Waals surface area contributed by atoms with Crippen LogP contribution in [0.25, 0.3) is 0 Å². The molecule has 0 aliphatic heterocycles. The van der Waals surface area contributed by atoms with Crippen LogP contribution < -0.4 is 5.73 Å². The van der Waals surface area contributed by atoms with E-state index >= 15 is 0 Å². The van der Waals surface area contributed by atoms with Crippen molar-refractivity contribution in [1.82, 2.24) is 14.9 Å². The minimum atomic E-state index is -0.0643.